The van der Waals surface area contributed by atoms with E-state index in [1.807, 2.05) is 30.1 Å². The maximum Gasteiger partial charge on any atom is 0.123 e. The monoisotopic (exact) mass is 292 g/mol. The van der Waals surface area contributed by atoms with Gasteiger partial charge >= 0.3 is 0 Å². The molecule has 0 atom stereocenters. The van der Waals surface area contributed by atoms with Crippen LogP contribution in [0.5, 0.6) is 0 Å². The van der Waals surface area contributed by atoms with Crippen LogP contribution in [0.15, 0.2) is 42.5 Å². The number of hydrogen-bond acceptors (Lipinski definition) is 2. The van der Waals surface area contributed by atoms with Gasteiger partial charge in [-0.3, -0.25) is 0 Å². The van der Waals surface area contributed by atoms with Gasteiger partial charge in [-0.2, -0.15) is 0 Å². The number of nitrogens with zero attached hydrogens (tertiary/aromatic N) is 1. The fourth-order valence-electron chi connectivity index (χ4n) is 2.06. The second-order valence-corrected chi connectivity index (χ2v) is 5.03. The summed E-state index contributed by atoms with van der Waals surface area (Å²) < 4.78 is 13.0. The first kappa shape index (κ1) is 14.8. The van der Waals surface area contributed by atoms with Gasteiger partial charge in [-0.1, -0.05) is 24.6 Å². The molecule has 0 radical (unpaired) electrons. The Labute approximate surface area is 124 Å². The zero-order chi connectivity index (χ0) is 14.5. The van der Waals surface area contributed by atoms with Crippen molar-refractivity contribution >= 4 is 23.0 Å². The zero-order valence-corrected chi connectivity index (χ0v) is 12.4. The molecular formula is C16H18ClFN2. The van der Waals surface area contributed by atoms with Gasteiger partial charge in [0.05, 0.1) is 0 Å². The number of hydrogen-bond donors (Lipinski definition) is 1. The molecule has 2 nitrogen and oxygen atoms in total. The van der Waals surface area contributed by atoms with Crippen LogP contribution >= 0.6 is 11.6 Å². The molecule has 2 rings (SSSR count). The first-order chi connectivity index (χ1) is 9.61. The molecule has 0 aliphatic heterocycles. The van der Waals surface area contributed by atoms with Gasteiger partial charge in [0, 0.05) is 30.0 Å². The molecule has 0 aliphatic rings. The highest BCUT2D eigenvalue weighted by Crippen LogP contribution is 2.29. The van der Waals surface area contributed by atoms with Crippen LogP contribution in [0, 0.1) is 5.82 Å². The van der Waals surface area contributed by atoms with Crippen LogP contribution in [0.3, 0.4) is 0 Å². The smallest absolute Gasteiger partial charge is 0.123 e. The van der Waals surface area contributed by atoms with Crippen molar-refractivity contribution in [2.75, 3.05) is 18.5 Å². The summed E-state index contributed by atoms with van der Waals surface area (Å²) in [6, 6.07) is 12.3. The van der Waals surface area contributed by atoms with Crippen LogP contribution in [-0.2, 0) is 6.54 Å². The molecule has 0 spiro atoms. The van der Waals surface area contributed by atoms with Crippen LogP contribution < -0.4 is 10.2 Å². The Hall–Kier alpha value is -1.58. The predicted octanol–water partition coefficient (Wildman–Crippen LogP) is 4.36. The Balaban J connectivity index is 2.34. The highest BCUT2D eigenvalue weighted by atomic mass is 35.5. The molecule has 0 aliphatic carbocycles. The molecule has 0 amide bonds. The van der Waals surface area contributed by atoms with Gasteiger partial charge in [0.25, 0.3) is 0 Å². The maximum absolute atomic E-state index is 13.0. The first-order valence-corrected chi connectivity index (χ1v) is 6.98. The molecule has 0 fully saturated rings. The van der Waals surface area contributed by atoms with E-state index in [0.29, 0.717) is 5.02 Å². The Morgan fingerprint density at radius 3 is 2.50 bits per heavy atom. The molecule has 0 bridgehead atoms. The number of nitrogens with one attached hydrogen (secondary N) is 1. The van der Waals surface area contributed by atoms with Crippen molar-refractivity contribution < 1.29 is 4.39 Å². The van der Waals surface area contributed by atoms with Crippen LogP contribution in [-0.4, -0.2) is 13.6 Å². The van der Waals surface area contributed by atoms with Gasteiger partial charge < -0.3 is 10.2 Å². The lowest BCUT2D eigenvalue weighted by Crippen LogP contribution is -2.17. The molecule has 0 aromatic heterocycles. The van der Waals surface area contributed by atoms with E-state index in [1.54, 1.807) is 12.1 Å². The fourth-order valence-corrected chi connectivity index (χ4v) is 2.23. The average Bonchev–Trinajstić information content (AvgIpc) is 2.46. The van der Waals surface area contributed by atoms with Crippen LogP contribution in [0.1, 0.15) is 12.5 Å². The van der Waals surface area contributed by atoms with E-state index in [-0.39, 0.29) is 5.82 Å². The van der Waals surface area contributed by atoms with Crippen LogP contribution in [0.4, 0.5) is 15.8 Å². The SMILES string of the molecule is CCNCc1ccc(Cl)cc1N(C)c1ccc(F)cc1. The van der Waals surface area contributed by atoms with E-state index in [4.69, 9.17) is 11.6 Å². The lowest BCUT2D eigenvalue weighted by atomic mass is 10.1. The van der Waals surface area contributed by atoms with Gasteiger partial charge in [-0.15, -0.1) is 0 Å². The molecule has 1 N–H and O–H groups in total. The van der Waals surface area contributed by atoms with Gasteiger partial charge in [0.15, 0.2) is 0 Å². The van der Waals surface area contributed by atoms with Crippen molar-refractivity contribution in [1.82, 2.24) is 5.32 Å². The summed E-state index contributed by atoms with van der Waals surface area (Å²) in [5.41, 5.74) is 3.10. The molecule has 2 aromatic rings. The fraction of sp³-hybridized carbons (Fsp3) is 0.250. The zero-order valence-electron chi connectivity index (χ0n) is 11.7. The first-order valence-electron chi connectivity index (χ1n) is 6.60. The summed E-state index contributed by atoms with van der Waals surface area (Å²) in [5.74, 6) is -0.235. The molecular weight excluding hydrogens is 275 g/mol. The predicted molar refractivity (Wildman–Crippen MR) is 83.3 cm³/mol. The summed E-state index contributed by atoms with van der Waals surface area (Å²) in [4.78, 5) is 2.01. The quantitative estimate of drug-likeness (QED) is 0.881. The topological polar surface area (TPSA) is 15.3 Å². The summed E-state index contributed by atoms with van der Waals surface area (Å²) in [6.07, 6.45) is 0. The molecule has 4 heteroatoms. The van der Waals surface area contributed by atoms with E-state index in [9.17, 15) is 4.39 Å². The third-order valence-electron chi connectivity index (χ3n) is 3.19. The number of anilines is 2. The van der Waals surface area contributed by atoms with Crippen molar-refractivity contribution in [3.63, 3.8) is 0 Å². The van der Waals surface area contributed by atoms with Crippen molar-refractivity contribution in [2.45, 2.75) is 13.5 Å². The Kier molecular flexibility index (Phi) is 4.99. The van der Waals surface area contributed by atoms with Crippen LogP contribution in [0.2, 0.25) is 5.02 Å². The number of halogens is 2. The number of rotatable bonds is 5. The Bertz CT molecular complexity index is 569. The standard InChI is InChI=1S/C16H18ClFN2/c1-3-19-11-12-4-5-13(17)10-16(12)20(2)15-8-6-14(18)7-9-15/h4-10,19H,3,11H2,1-2H3. The van der Waals surface area contributed by atoms with Crippen LogP contribution in [0.25, 0.3) is 0 Å². The van der Waals surface area contributed by atoms with Gasteiger partial charge in [-0.25, -0.2) is 4.39 Å². The summed E-state index contributed by atoms with van der Waals surface area (Å²) in [7, 11) is 1.95. The summed E-state index contributed by atoms with van der Waals surface area (Å²) >= 11 is 6.10. The van der Waals surface area contributed by atoms with E-state index in [0.717, 1.165) is 30.0 Å². The molecule has 2 aromatic carbocycles. The summed E-state index contributed by atoms with van der Waals surface area (Å²) in [5, 5.41) is 4.00. The highest BCUT2D eigenvalue weighted by molar-refractivity contribution is 6.30. The van der Waals surface area contributed by atoms with Crippen molar-refractivity contribution in [3.8, 4) is 0 Å². The molecule has 20 heavy (non-hydrogen) atoms. The third kappa shape index (κ3) is 3.50. The highest BCUT2D eigenvalue weighted by Gasteiger charge is 2.10. The third-order valence-corrected chi connectivity index (χ3v) is 3.42. The largest absolute Gasteiger partial charge is 0.344 e. The van der Waals surface area contributed by atoms with E-state index < -0.39 is 0 Å². The lowest BCUT2D eigenvalue weighted by Gasteiger charge is -2.23. The second-order valence-electron chi connectivity index (χ2n) is 4.59. The van der Waals surface area contributed by atoms with Crippen molar-refractivity contribution in [3.05, 3.63) is 58.9 Å². The van der Waals surface area contributed by atoms with Gasteiger partial charge in [0.2, 0.25) is 0 Å². The minimum atomic E-state index is -0.235. The number of benzene rings is 2. The normalized spacial score (nSPS) is 10.6. The molecule has 0 heterocycles. The lowest BCUT2D eigenvalue weighted by molar-refractivity contribution is 0.628. The molecule has 0 unspecified atom stereocenters. The molecule has 0 saturated carbocycles. The van der Waals surface area contributed by atoms with E-state index >= 15 is 0 Å². The van der Waals surface area contributed by atoms with Gasteiger partial charge in [0.1, 0.15) is 5.82 Å². The van der Waals surface area contributed by atoms with Crippen molar-refractivity contribution in [2.24, 2.45) is 0 Å². The Morgan fingerprint density at radius 1 is 1.15 bits per heavy atom. The summed E-state index contributed by atoms with van der Waals surface area (Å²) in [6.45, 7) is 3.75. The molecule has 106 valence electrons. The average molecular weight is 293 g/mol. The molecule has 0 saturated heterocycles. The minimum absolute atomic E-state index is 0.235. The van der Waals surface area contributed by atoms with Crippen molar-refractivity contribution in [1.29, 1.82) is 0 Å². The Morgan fingerprint density at radius 2 is 1.85 bits per heavy atom. The minimum Gasteiger partial charge on any atom is -0.344 e. The maximum atomic E-state index is 13.0. The second kappa shape index (κ2) is 6.73. The van der Waals surface area contributed by atoms with E-state index in [1.165, 1.54) is 12.1 Å². The van der Waals surface area contributed by atoms with E-state index in [2.05, 4.69) is 12.2 Å². The van der Waals surface area contributed by atoms with Gasteiger partial charge in [-0.05, 0) is 48.5 Å².